The number of hydrogen-bond donors (Lipinski definition) is 1. The number of carboxylic acids is 1. The molecule has 2 aromatic heterocycles. The van der Waals surface area contributed by atoms with Gasteiger partial charge in [-0.15, -0.1) is 0 Å². The third-order valence-corrected chi connectivity index (χ3v) is 3.15. The number of benzene rings is 1. The molecule has 2 heterocycles. The number of aromatic nitrogens is 3. The summed E-state index contributed by atoms with van der Waals surface area (Å²) in [4.78, 5) is 15.3. The van der Waals surface area contributed by atoms with Gasteiger partial charge in [-0.05, 0) is 32.0 Å². The number of rotatable bonds is 2. The molecular weight excluding hydrogens is 254 g/mol. The molecule has 0 fully saturated rings. The molecule has 0 unspecified atom stereocenters. The fourth-order valence-electron chi connectivity index (χ4n) is 2.38. The third kappa shape index (κ3) is 1.93. The molecule has 0 bridgehead atoms. The molecule has 20 heavy (non-hydrogen) atoms. The van der Waals surface area contributed by atoms with Crippen LogP contribution < -0.4 is 0 Å². The number of fused-ring (bicyclic) bond motifs is 1. The molecule has 0 saturated carbocycles. The van der Waals surface area contributed by atoms with Crippen molar-refractivity contribution >= 4 is 11.6 Å². The fourth-order valence-corrected chi connectivity index (χ4v) is 2.38. The van der Waals surface area contributed by atoms with Crippen molar-refractivity contribution in [2.24, 2.45) is 0 Å². The van der Waals surface area contributed by atoms with E-state index in [1.54, 1.807) is 10.7 Å². The molecule has 5 nitrogen and oxygen atoms in total. The highest BCUT2D eigenvalue weighted by Gasteiger charge is 2.15. The molecule has 1 aromatic carbocycles. The second kappa shape index (κ2) is 4.45. The van der Waals surface area contributed by atoms with Gasteiger partial charge >= 0.3 is 5.97 Å². The fraction of sp³-hybridized carbons (Fsp3) is 0.133. The molecule has 0 amide bonds. The number of hydrogen-bond acceptors (Lipinski definition) is 3. The summed E-state index contributed by atoms with van der Waals surface area (Å²) in [7, 11) is 0. The maximum Gasteiger partial charge on any atom is 0.341 e. The molecule has 5 heteroatoms. The number of aryl methyl sites for hydroxylation is 2. The lowest BCUT2D eigenvalue weighted by atomic mass is 10.0. The van der Waals surface area contributed by atoms with Gasteiger partial charge in [0, 0.05) is 11.8 Å². The third-order valence-electron chi connectivity index (χ3n) is 3.15. The standard InChI is InChI=1S/C15H13N3O2/c1-9-5-10(2)7-11(6-9)13-3-4-16-14-12(15(19)20)8-17-18(13)14/h3-8H,1-2H3,(H,19,20). The van der Waals surface area contributed by atoms with Crippen LogP contribution in [0.1, 0.15) is 21.5 Å². The maximum absolute atomic E-state index is 11.1. The van der Waals surface area contributed by atoms with Gasteiger partial charge < -0.3 is 5.11 Å². The van der Waals surface area contributed by atoms with E-state index in [-0.39, 0.29) is 5.56 Å². The molecule has 100 valence electrons. The molecule has 0 aliphatic heterocycles. The van der Waals surface area contributed by atoms with E-state index in [4.69, 9.17) is 5.11 Å². The van der Waals surface area contributed by atoms with Gasteiger partial charge in [-0.1, -0.05) is 17.2 Å². The summed E-state index contributed by atoms with van der Waals surface area (Å²) in [5, 5.41) is 13.3. The van der Waals surface area contributed by atoms with E-state index in [9.17, 15) is 4.79 Å². The van der Waals surface area contributed by atoms with Crippen LogP contribution in [0.25, 0.3) is 16.9 Å². The molecule has 1 N–H and O–H groups in total. The highest BCUT2D eigenvalue weighted by molar-refractivity contribution is 5.94. The Morgan fingerprint density at radius 3 is 2.55 bits per heavy atom. The van der Waals surface area contributed by atoms with Crippen molar-refractivity contribution in [2.75, 3.05) is 0 Å². The zero-order valence-corrected chi connectivity index (χ0v) is 11.2. The van der Waals surface area contributed by atoms with Crippen molar-refractivity contribution in [3.05, 3.63) is 53.3 Å². The Morgan fingerprint density at radius 2 is 1.90 bits per heavy atom. The van der Waals surface area contributed by atoms with Crippen molar-refractivity contribution < 1.29 is 9.90 Å². The van der Waals surface area contributed by atoms with Gasteiger partial charge in [-0.2, -0.15) is 5.10 Å². The van der Waals surface area contributed by atoms with Crippen molar-refractivity contribution in [1.29, 1.82) is 0 Å². The SMILES string of the molecule is Cc1cc(C)cc(-c2ccnc3c(C(=O)O)cnn23)c1. The quantitative estimate of drug-likeness (QED) is 0.775. The van der Waals surface area contributed by atoms with Crippen LogP contribution in [0.5, 0.6) is 0 Å². The molecule has 0 aliphatic rings. The van der Waals surface area contributed by atoms with Crippen LogP contribution in [0.3, 0.4) is 0 Å². The zero-order valence-electron chi connectivity index (χ0n) is 11.2. The van der Waals surface area contributed by atoms with Crippen LogP contribution in [0.2, 0.25) is 0 Å². The van der Waals surface area contributed by atoms with Gasteiger partial charge in [-0.3, -0.25) is 0 Å². The number of nitrogens with zero attached hydrogens (tertiary/aromatic N) is 3. The molecule has 3 aromatic rings. The first-order valence-corrected chi connectivity index (χ1v) is 6.21. The van der Waals surface area contributed by atoms with Crippen LogP contribution in [-0.4, -0.2) is 25.7 Å². The van der Waals surface area contributed by atoms with E-state index < -0.39 is 5.97 Å². The zero-order chi connectivity index (χ0) is 14.3. The molecule has 0 radical (unpaired) electrons. The average Bonchev–Trinajstić information content (AvgIpc) is 2.81. The molecular formula is C15H13N3O2. The topological polar surface area (TPSA) is 67.5 Å². The van der Waals surface area contributed by atoms with Gasteiger partial charge in [-0.25, -0.2) is 14.3 Å². The van der Waals surface area contributed by atoms with Crippen molar-refractivity contribution in [3.8, 4) is 11.3 Å². The molecule has 0 atom stereocenters. The van der Waals surface area contributed by atoms with Crippen LogP contribution in [0.4, 0.5) is 0 Å². The van der Waals surface area contributed by atoms with Crippen molar-refractivity contribution in [2.45, 2.75) is 13.8 Å². The molecule has 3 rings (SSSR count). The van der Waals surface area contributed by atoms with E-state index in [1.165, 1.54) is 6.20 Å². The second-order valence-electron chi connectivity index (χ2n) is 4.81. The first-order valence-electron chi connectivity index (χ1n) is 6.21. The van der Waals surface area contributed by atoms with Gasteiger partial charge in [0.1, 0.15) is 5.56 Å². The Bertz CT molecular complexity index is 801. The molecule has 0 saturated heterocycles. The maximum atomic E-state index is 11.1. The van der Waals surface area contributed by atoms with E-state index in [1.807, 2.05) is 32.0 Å². The summed E-state index contributed by atoms with van der Waals surface area (Å²) < 4.78 is 1.57. The Kier molecular flexibility index (Phi) is 2.75. The average molecular weight is 267 g/mol. The number of carboxylic acid groups (broad SMARTS) is 1. The Hall–Kier alpha value is -2.69. The first kappa shape index (κ1) is 12.3. The van der Waals surface area contributed by atoms with E-state index in [0.29, 0.717) is 5.65 Å². The summed E-state index contributed by atoms with van der Waals surface area (Å²) in [6.45, 7) is 4.06. The van der Waals surface area contributed by atoms with Gasteiger partial charge in [0.15, 0.2) is 5.65 Å². The summed E-state index contributed by atoms with van der Waals surface area (Å²) in [5.41, 5.74) is 4.58. The van der Waals surface area contributed by atoms with Crippen molar-refractivity contribution in [1.82, 2.24) is 14.6 Å². The number of aromatic carboxylic acids is 1. The second-order valence-corrected chi connectivity index (χ2v) is 4.81. The molecule has 0 aliphatic carbocycles. The van der Waals surface area contributed by atoms with Crippen LogP contribution >= 0.6 is 0 Å². The summed E-state index contributed by atoms with van der Waals surface area (Å²) in [6, 6.07) is 8.02. The van der Waals surface area contributed by atoms with Gasteiger partial charge in [0.05, 0.1) is 11.9 Å². The van der Waals surface area contributed by atoms with Gasteiger partial charge in [0.25, 0.3) is 0 Å². The minimum Gasteiger partial charge on any atom is -0.477 e. The monoisotopic (exact) mass is 267 g/mol. The van der Waals surface area contributed by atoms with E-state index in [2.05, 4.69) is 16.1 Å². The summed E-state index contributed by atoms with van der Waals surface area (Å²) in [6.07, 6.45) is 2.94. The smallest absolute Gasteiger partial charge is 0.341 e. The Morgan fingerprint density at radius 1 is 1.20 bits per heavy atom. The van der Waals surface area contributed by atoms with Crippen LogP contribution in [0.15, 0.2) is 36.7 Å². The predicted molar refractivity (Wildman–Crippen MR) is 74.9 cm³/mol. The summed E-state index contributed by atoms with van der Waals surface area (Å²) >= 11 is 0. The molecule has 0 spiro atoms. The first-order chi connectivity index (χ1) is 9.56. The lowest BCUT2D eigenvalue weighted by molar-refractivity contribution is 0.0699. The van der Waals surface area contributed by atoms with Crippen LogP contribution in [-0.2, 0) is 0 Å². The lowest BCUT2D eigenvalue weighted by Crippen LogP contribution is -1.99. The largest absolute Gasteiger partial charge is 0.477 e. The highest BCUT2D eigenvalue weighted by atomic mass is 16.4. The summed E-state index contributed by atoms with van der Waals surface area (Å²) in [5.74, 6) is -1.02. The Labute approximate surface area is 115 Å². The van der Waals surface area contributed by atoms with E-state index >= 15 is 0 Å². The normalized spacial score (nSPS) is 10.9. The van der Waals surface area contributed by atoms with Gasteiger partial charge in [0.2, 0.25) is 0 Å². The minimum atomic E-state index is -1.02. The Balaban J connectivity index is 2.29. The number of carbonyl (C=O) groups is 1. The van der Waals surface area contributed by atoms with E-state index in [0.717, 1.165) is 22.4 Å². The van der Waals surface area contributed by atoms with Crippen LogP contribution in [0, 0.1) is 13.8 Å². The highest BCUT2D eigenvalue weighted by Crippen LogP contribution is 2.23. The lowest BCUT2D eigenvalue weighted by Gasteiger charge is -2.07. The minimum absolute atomic E-state index is 0.108. The van der Waals surface area contributed by atoms with Crippen molar-refractivity contribution in [3.63, 3.8) is 0 Å². The predicted octanol–water partition coefficient (Wildman–Crippen LogP) is 2.71.